The number of hydrogen-bond donors (Lipinski definition) is 2. The quantitative estimate of drug-likeness (QED) is 0.459. The van der Waals surface area contributed by atoms with Gasteiger partial charge in [-0.25, -0.2) is 5.84 Å². The van der Waals surface area contributed by atoms with E-state index in [1.54, 1.807) is 0 Å². The van der Waals surface area contributed by atoms with E-state index in [4.69, 9.17) is 10.6 Å². The van der Waals surface area contributed by atoms with Crippen LogP contribution in [0.1, 0.15) is 25.7 Å². The third-order valence-corrected chi connectivity index (χ3v) is 4.05. The lowest BCUT2D eigenvalue weighted by molar-refractivity contribution is -0.185. The number of rotatable bonds is 3. The molecule has 2 aliphatic rings. The van der Waals surface area contributed by atoms with E-state index in [0.29, 0.717) is 26.1 Å². The second kappa shape index (κ2) is 6.28. The summed E-state index contributed by atoms with van der Waals surface area (Å²) in [5.74, 6) is 3.52. The molecule has 0 spiro atoms. The van der Waals surface area contributed by atoms with Crippen LogP contribution in [0.2, 0.25) is 0 Å². The van der Waals surface area contributed by atoms with Gasteiger partial charge in [-0.15, -0.1) is 0 Å². The molecule has 0 aliphatic carbocycles. The van der Waals surface area contributed by atoms with Crippen molar-refractivity contribution in [2.45, 2.75) is 44.1 Å². The minimum Gasteiger partial charge on any atom is -0.364 e. The third kappa shape index (κ3) is 3.83. The number of nitrogens with one attached hydrogen (secondary N) is 1. The van der Waals surface area contributed by atoms with Gasteiger partial charge in [0, 0.05) is 6.54 Å². The van der Waals surface area contributed by atoms with Crippen molar-refractivity contribution in [1.82, 2.24) is 10.3 Å². The number of alkyl halides is 3. The molecule has 2 saturated heterocycles. The maximum Gasteiger partial charge on any atom is 0.391 e. The molecule has 1 amide bonds. The lowest BCUT2D eigenvalue weighted by Crippen LogP contribution is -2.43. The minimum atomic E-state index is -4.08. The van der Waals surface area contributed by atoms with E-state index in [2.05, 4.69) is 5.43 Å². The number of ether oxygens (including phenoxy) is 1. The molecule has 2 fully saturated rings. The molecule has 0 aromatic carbocycles. The van der Waals surface area contributed by atoms with Gasteiger partial charge in [-0.1, -0.05) is 0 Å². The molecule has 2 rings (SSSR count). The number of nitrogens with zero attached hydrogens (tertiary/aromatic N) is 1. The van der Waals surface area contributed by atoms with E-state index in [0.717, 1.165) is 6.42 Å². The summed E-state index contributed by atoms with van der Waals surface area (Å²) in [7, 11) is 0. The maximum atomic E-state index is 12.6. The topological polar surface area (TPSA) is 67.6 Å². The van der Waals surface area contributed by atoms with Crippen LogP contribution >= 0.6 is 0 Å². The molecule has 2 unspecified atom stereocenters. The molecular formula is C12H20F3N3O2. The van der Waals surface area contributed by atoms with Crippen molar-refractivity contribution in [3.05, 3.63) is 0 Å². The number of likely N-dealkylation sites (tertiary alicyclic amines) is 1. The Hall–Kier alpha value is -0.860. The third-order valence-electron chi connectivity index (χ3n) is 4.05. The number of hydrazine groups is 1. The Bertz CT molecular complexity index is 343. The van der Waals surface area contributed by atoms with Gasteiger partial charge in [0.15, 0.2) is 0 Å². The summed E-state index contributed by atoms with van der Waals surface area (Å²) >= 11 is 0. The summed E-state index contributed by atoms with van der Waals surface area (Å²) in [6, 6.07) is 0. The van der Waals surface area contributed by atoms with Crippen molar-refractivity contribution < 1.29 is 22.7 Å². The first-order chi connectivity index (χ1) is 9.40. The number of carbonyl (C=O) groups is 1. The number of halogens is 3. The standard InChI is InChI=1S/C12H20F3N3O2/c13-12(14,15)8-3-5-18(6-4-8)7-9-1-2-10(20-9)11(19)17-16/h8-10H,1-7,16H2,(H,17,19). The van der Waals surface area contributed by atoms with Crippen molar-refractivity contribution >= 4 is 5.91 Å². The molecule has 2 heterocycles. The van der Waals surface area contributed by atoms with E-state index in [9.17, 15) is 18.0 Å². The minimum absolute atomic E-state index is 0.0975. The number of hydrogen-bond acceptors (Lipinski definition) is 4. The van der Waals surface area contributed by atoms with E-state index in [1.807, 2.05) is 4.90 Å². The largest absolute Gasteiger partial charge is 0.391 e. The van der Waals surface area contributed by atoms with Crippen LogP contribution in [-0.2, 0) is 9.53 Å². The Morgan fingerprint density at radius 3 is 2.45 bits per heavy atom. The fourth-order valence-electron chi connectivity index (χ4n) is 2.86. The first kappa shape index (κ1) is 15.5. The zero-order valence-electron chi connectivity index (χ0n) is 11.2. The summed E-state index contributed by atoms with van der Waals surface area (Å²) in [6.45, 7) is 1.44. The van der Waals surface area contributed by atoms with Gasteiger partial charge in [0.05, 0.1) is 12.0 Å². The lowest BCUT2D eigenvalue weighted by atomic mass is 9.96. The lowest BCUT2D eigenvalue weighted by Gasteiger charge is -2.34. The second-order valence-corrected chi connectivity index (χ2v) is 5.45. The molecule has 5 nitrogen and oxygen atoms in total. The van der Waals surface area contributed by atoms with Gasteiger partial charge in [0.25, 0.3) is 5.91 Å². The summed E-state index contributed by atoms with van der Waals surface area (Å²) in [5, 5.41) is 0. The highest BCUT2D eigenvalue weighted by atomic mass is 19.4. The Kier molecular flexibility index (Phi) is 4.87. The monoisotopic (exact) mass is 295 g/mol. The molecule has 0 aromatic rings. The number of piperidine rings is 1. The van der Waals surface area contributed by atoms with Gasteiger partial charge >= 0.3 is 6.18 Å². The molecule has 0 aromatic heterocycles. The molecule has 2 atom stereocenters. The van der Waals surface area contributed by atoms with E-state index in [1.165, 1.54) is 0 Å². The van der Waals surface area contributed by atoms with Crippen LogP contribution in [0.15, 0.2) is 0 Å². The summed E-state index contributed by atoms with van der Waals surface area (Å²) < 4.78 is 43.2. The van der Waals surface area contributed by atoms with Crippen LogP contribution < -0.4 is 11.3 Å². The van der Waals surface area contributed by atoms with Gasteiger partial charge in [0.2, 0.25) is 0 Å². The van der Waals surface area contributed by atoms with Gasteiger partial charge in [-0.2, -0.15) is 13.2 Å². The molecule has 8 heteroatoms. The van der Waals surface area contributed by atoms with Crippen molar-refractivity contribution in [1.29, 1.82) is 0 Å². The van der Waals surface area contributed by atoms with Gasteiger partial charge < -0.3 is 9.64 Å². The Labute approximate surface area is 115 Å². The van der Waals surface area contributed by atoms with Crippen LogP contribution in [0.3, 0.4) is 0 Å². The van der Waals surface area contributed by atoms with Crippen molar-refractivity contribution in [3.8, 4) is 0 Å². The zero-order chi connectivity index (χ0) is 14.8. The zero-order valence-corrected chi connectivity index (χ0v) is 11.2. The molecule has 116 valence electrons. The average molecular weight is 295 g/mol. The Morgan fingerprint density at radius 1 is 1.25 bits per heavy atom. The molecule has 0 radical (unpaired) electrons. The molecule has 20 heavy (non-hydrogen) atoms. The van der Waals surface area contributed by atoms with E-state index < -0.39 is 18.2 Å². The smallest absolute Gasteiger partial charge is 0.364 e. The van der Waals surface area contributed by atoms with Crippen LogP contribution in [0, 0.1) is 5.92 Å². The highest BCUT2D eigenvalue weighted by Crippen LogP contribution is 2.34. The normalized spacial score (nSPS) is 29.6. The average Bonchev–Trinajstić information content (AvgIpc) is 2.86. The molecular weight excluding hydrogens is 275 g/mol. The SMILES string of the molecule is NNC(=O)C1CCC(CN2CCC(C(F)(F)F)CC2)O1. The number of amides is 1. The predicted molar refractivity (Wildman–Crippen MR) is 65.4 cm³/mol. The van der Waals surface area contributed by atoms with Gasteiger partial charge in [0.1, 0.15) is 6.10 Å². The Balaban J connectivity index is 1.73. The first-order valence-corrected chi connectivity index (χ1v) is 6.85. The van der Waals surface area contributed by atoms with Gasteiger partial charge in [-0.3, -0.25) is 10.2 Å². The van der Waals surface area contributed by atoms with Crippen molar-refractivity contribution in [2.75, 3.05) is 19.6 Å². The Morgan fingerprint density at radius 2 is 1.90 bits per heavy atom. The van der Waals surface area contributed by atoms with Crippen LogP contribution in [0.25, 0.3) is 0 Å². The predicted octanol–water partition coefficient (Wildman–Crippen LogP) is 0.798. The van der Waals surface area contributed by atoms with Gasteiger partial charge in [-0.05, 0) is 38.8 Å². The second-order valence-electron chi connectivity index (χ2n) is 5.45. The highest BCUT2D eigenvalue weighted by Gasteiger charge is 2.41. The maximum absolute atomic E-state index is 12.6. The van der Waals surface area contributed by atoms with Crippen molar-refractivity contribution in [2.24, 2.45) is 11.8 Å². The summed E-state index contributed by atoms with van der Waals surface area (Å²) in [4.78, 5) is 13.3. The molecule has 0 bridgehead atoms. The molecule has 2 aliphatic heterocycles. The molecule has 0 saturated carbocycles. The van der Waals surface area contributed by atoms with Crippen LogP contribution in [0.5, 0.6) is 0 Å². The van der Waals surface area contributed by atoms with E-state index >= 15 is 0 Å². The number of nitrogens with two attached hydrogens (primary N) is 1. The van der Waals surface area contributed by atoms with Crippen LogP contribution in [0.4, 0.5) is 13.2 Å². The van der Waals surface area contributed by atoms with Crippen LogP contribution in [-0.4, -0.2) is 48.8 Å². The van der Waals surface area contributed by atoms with E-state index in [-0.39, 0.29) is 24.9 Å². The molecule has 3 N–H and O–H groups in total. The highest BCUT2D eigenvalue weighted by molar-refractivity contribution is 5.80. The fourth-order valence-corrected chi connectivity index (χ4v) is 2.86. The summed E-state index contributed by atoms with van der Waals surface area (Å²) in [5.41, 5.74) is 2.05. The summed E-state index contributed by atoms with van der Waals surface area (Å²) in [6.07, 6.45) is -3.09. The first-order valence-electron chi connectivity index (χ1n) is 6.85. The number of carbonyl (C=O) groups excluding carboxylic acids is 1. The van der Waals surface area contributed by atoms with Crippen molar-refractivity contribution in [3.63, 3.8) is 0 Å². The fraction of sp³-hybridized carbons (Fsp3) is 0.917.